The molecule has 11 heteroatoms. The maximum Gasteiger partial charge on any atom is 0.416 e. The Morgan fingerprint density at radius 1 is 0.949 bits per heavy atom. The number of hydrogen-bond acceptors (Lipinski definition) is 3. The van der Waals surface area contributed by atoms with Crippen LogP contribution in [-0.2, 0) is 12.7 Å². The molecule has 2 amide bonds. The van der Waals surface area contributed by atoms with E-state index in [-0.39, 0.29) is 18.0 Å². The van der Waals surface area contributed by atoms with Crippen molar-refractivity contribution in [2.24, 2.45) is 0 Å². The third-order valence-electron chi connectivity index (χ3n) is 6.10. The van der Waals surface area contributed by atoms with Gasteiger partial charge in [-0.3, -0.25) is 4.79 Å². The van der Waals surface area contributed by atoms with Gasteiger partial charge in [0.15, 0.2) is 5.75 Å². The number of carbonyl (C=O) groups is 2. The number of anilines is 1. The number of nitrogens with zero attached hydrogens (tertiary/aromatic N) is 2. The molecular weight excluding hydrogens is 521 g/mol. The lowest BCUT2D eigenvalue weighted by molar-refractivity contribution is -0.137. The fourth-order valence-corrected chi connectivity index (χ4v) is 4.15. The van der Waals surface area contributed by atoms with Crippen LogP contribution in [-0.4, -0.2) is 34.6 Å². The SMILES string of the molecule is CCN(CC)C(=O)Oc1ccc2c(ccn2Cc2cccc(F)c2)c1NC(=O)c1cc(F)cc(C(F)(F)F)c1. The molecule has 0 aliphatic rings. The van der Waals surface area contributed by atoms with Crippen LogP contribution in [0.3, 0.4) is 0 Å². The summed E-state index contributed by atoms with van der Waals surface area (Å²) in [6.45, 7) is 4.49. The summed E-state index contributed by atoms with van der Waals surface area (Å²) in [6, 6.07) is 12.2. The molecule has 4 aromatic rings. The van der Waals surface area contributed by atoms with Crippen molar-refractivity contribution in [1.82, 2.24) is 9.47 Å². The highest BCUT2D eigenvalue weighted by Crippen LogP contribution is 2.36. The van der Waals surface area contributed by atoms with E-state index in [0.717, 1.165) is 0 Å². The minimum atomic E-state index is -4.87. The first-order chi connectivity index (χ1) is 18.5. The van der Waals surface area contributed by atoms with E-state index in [2.05, 4.69) is 5.32 Å². The third-order valence-corrected chi connectivity index (χ3v) is 6.10. The van der Waals surface area contributed by atoms with E-state index in [1.165, 1.54) is 23.1 Å². The number of rotatable bonds is 7. The van der Waals surface area contributed by atoms with Gasteiger partial charge in [0.1, 0.15) is 11.6 Å². The Kier molecular flexibility index (Phi) is 7.89. The van der Waals surface area contributed by atoms with Crippen molar-refractivity contribution in [3.63, 3.8) is 0 Å². The number of halogens is 5. The molecule has 0 aliphatic heterocycles. The average Bonchev–Trinajstić information content (AvgIpc) is 3.28. The molecule has 0 saturated carbocycles. The Bertz CT molecular complexity index is 1530. The molecule has 0 unspecified atom stereocenters. The Hall–Kier alpha value is -4.41. The summed E-state index contributed by atoms with van der Waals surface area (Å²) in [7, 11) is 0. The Morgan fingerprint density at radius 3 is 2.36 bits per heavy atom. The lowest BCUT2D eigenvalue weighted by Gasteiger charge is -2.20. The number of benzene rings is 3. The highest BCUT2D eigenvalue weighted by atomic mass is 19.4. The van der Waals surface area contributed by atoms with Gasteiger partial charge in [0.2, 0.25) is 0 Å². The quantitative estimate of drug-likeness (QED) is 0.253. The average molecular weight is 546 g/mol. The van der Waals surface area contributed by atoms with Gasteiger partial charge >= 0.3 is 12.3 Å². The maximum atomic E-state index is 14.0. The number of hydrogen-bond donors (Lipinski definition) is 1. The molecule has 0 radical (unpaired) electrons. The van der Waals surface area contributed by atoms with Gasteiger partial charge in [-0.2, -0.15) is 13.2 Å². The van der Waals surface area contributed by atoms with E-state index in [4.69, 9.17) is 4.74 Å². The van der Waals surface area contributed by atoms with Crippen LogP contribution in [0.5, 0.6) is 5.75 Å². The van der Waals surface area contributed by atoms with Gasteiger partial charge in [0.25, 0.3) is 5.91 Å². The molecule has 1 aromatic heterocycles. The first-order valence-electron chi connectivity index (χ1n) is 12.0. The van der Waals surface area contributed by atoms with Crippen LogP contribution in [0.25, 0.3) is 10.9 Å². The summed E-state index contributed by atoms with van der Waals surface area (Å²) >= 11 is 0. The molecule has 0 spiro atoms. The van der Waals surface area contributed by atoms with Gasteiger partial charge in [-0.1, -0.05) is 12.1 Å². The first kappa shape index (κ1) is 27.6. The van der Waals surface area contributed by atoms with Crippen LogP contribution in [0.15, 0.2) is 66.9 Å². The Labute approximate surface area is 220 Å². The molecular formula is C28H24F5N3O3. The highest BCUT2D eigenvalue weighted by molar-refractivity contribution is 6.10. The van der Waals surface area contributed by atoms with Crippen LogP contribution in [0.1, 0.15) is 35.3 Å². The van der Waals surface area contributed by atoms with Gasteiger partial charge in [-0.25, -0.2) is 13.6 Å². The van der Waals surface area contributed by atoms with Crippen LogP contribution in [0, 0.1) is 11.6 Å². The first-order valence-corrected chi connectivity index (χ1v) is 12.0. The number of aromatic nitrogens is 1. The van der Waals surface area contributed by atoms with Crippen molar-refractivity contribution in [3.05, 3.63) is 95.2 Å². The number of ether oxygens (including phenoxy) is 1. The van der Waals surface area contributed by atoms with Gasteiger partial charge in [0.05, 0.1) is 16.8 Å². The summed E-state index contributed by atoms with van der Waals surface area (Å²) in [5.41, 5.74) is -0.657. The topological polar surface area (TPSA) is 63.6 Å². The largest absolute Gasteiger partial charge is 0.416 e. The highest BCUT2D eigenvalue weighted by Gasteiger charge is 2.32. The monoisotopic (exact) mass is 545 g/mol. The number of nitrogens with one attached hydrogen (secondary N) is 1. The fraction of sp³-hybridized carbons (Fsp3) is 0.214. The number of carbonyl (C=O) groups excluding carboxylic acids is 2. The zero-order valence-corrected chi connectivity index (χ0v) is 21.0. The van der Waals surface area contributed by atoms with Gasteiger partial charge in [0, 0.05) is 36.8 Å². The predicted octanol–water partition coefficient (Wildman–Crippen LogP) is 7.08. The molecule has 0 saturated heterocycles. The number of amides is 2. The second-order valence-corrected chi connectivity index (χ2v) is 8.67. The van der Waals surface area contributed by atoms with Crippen LogP contribution in [0.2, 0.25) is 0 Å². The Morgan fingerprint density at radius 2 is 1.69 bits per heavy atom. The molecule has 39 heavy (non-hydrogen) atoms. The normalized spacial score (nSPS) is 11.5. The van der Waals surface area contributed by atoms with Crippen molar-refractivity contribution in [2.45, 2.75) is 26.6 Å². The number of alkyl halides is 3. The minimum absolute atomic E-state index is 0.00817. The van der Waals surface area contributed by atoms with E-state index in [9.17, 15) is 31.5 Å². The summed E-state index contributed by atoms with van der Waals surface area (Å²) in [4.78, 5) is 27.1. The number of fused-ring (bicyclic) bond motifs is 1. The zero-order valence-electron chi connectivity index (χ0n) is 21.0. The predicted molar refractivity (Wildman–Crippen MR) is 136 cm³/mol. The molecule has 0 aliphatic carbocycles. The lowest BCUT2D eigenvalue weighted by Crippen LogP contribution is -2.33. The fourth-order valence-electron chi connectivity index (χ4n) is 4.15. The maximum absolute atomic E-state index is 14.0. The molecule has 4 rings (SSSR count). The molecule has 6 nitrogen and oxygen atoms in total. The van der Waals surface area contributed by atoms with Crippen molar-refractivity contribution in [2.75, 3.05) is 18.4 Å². The summed E-state index contributed by atoms with van der Waals surface area (Å²) in [6.07, 6.45) is -3.89. The van der Waals surface area contributed by atoms with E-state index >= 15 is 0 Å². The smallest absolute Gasteiger partial charge is 0.408 e. The molecule has 0 fully saturated rings. The van der Waals surface area contributed by atoms with Gasteiger partial charge in [-0.05, 0) is 67.9 Å². The summed E-state index contributed by atoms with van der Waals surface area (Å²) < 4.78 is 74.6. The van der Waals surface area contributed by atoms with E-state index in [0.29, 0.717) is 47.8 Å². The van der Waals surface area contributed by atoms with Crippen molar-refractivity contribution in [1.29, 1.82) is 0 Å². The third kappa shape index (κ3) is 6.19. The molecule has 3 aromatic carbocycles. The van der Waals surface area contributed by atoms with Crippen LogP contribution in [0.4, 0.5) is 32.4 Å². The molecule has 0 atom stereocenters. The second kappa shape index (κ2) is 11.1. The molecule has 1 heterocycles. The van der Waals surface area contributed by atoms with Crippen LogP contribution < -0.4 is 10.1 Å². The molecule has 0 bridgehead atoms. The lowest BCUT2D eigenvalue weighted by atomic mass is 10.1. The minimum Gasteiger partial charge on any atom is -0.408 e. The standard InChI is InChI=1S/C28H24F5N3O3/c1-3-35(4-2)27(38)39-24-9-8-23-22(10-11-36(23)16-17-6-5-7-20(29)12-17)25(24)34-26(37)18-13-19(28(31,32)33)15-21(30)14-18/h5-15H,3-4,16H2,1-2H3,(H,34,37). The van der Waals surface area contributed by atoms with E-state index in [1.807, 2.05) is 0 Å². The Balaban J connectivity index is 1.77. The van der Waals surface area contributed by atoms with E-state index in [1.54, 1.807) is 48.9 Å². The van der Waals surface area contributed by atoms with Crippen LogP contribution >= 0.6 is 0 Å². The van der Waals surface area contributed by atoms with Gasteiger partial charge < -0.3 is 19.5 Å². The molecule has 1 N–H and O–H groups in total. The summed E-state index contributed by atoms with van der Waals surface area (Å²) in [5, 5.41) is 2.90. The van der Waals surface area contributed by atoms with E-state index < -0.39 is 40.9 Å². The zero-order chi connectivity index (χ0) is 28.3. The van der Waals surface area contributed by atoms with Gasteiger partial charge in [-0.15, -0.1) is 0 Å². The van der Waals surface area contributed by atoms with Crippen molar-refractivity contribution in [3.8, 4) is 5.75 Å². The summed E-state index contributed by atoms with van der Waals surface area (Å²) in [5.74, 6) is -2.73. The second-order valence-electron chi connectivity index (χ2n) is 8.67. The van der Waals surface area contributed by atoms with Crippen molar-refractivity contribution < 1.29 is 36.3 Å². The molecule has 204 valence electrons. The van der Waals surface area contributed by atoms with Crippen molar-refractivity contribution >= 4 is 28.6 Å².